The van der Waals surface area contributed by atoms with Gasteiger partial charge in [0.15, 0.2) is 5.69 Å². The van der Waals surface area contributed by atoms with Gasteiger partial charge in [-0.3, -0.25) is 4.79 Å². The van der Waals surface area contributed by atoms with Crippen LogP contribution in [0.2, 0.25) is 0 Å². The Bertz CT molecular complexity index is 492. The molecule has 1 unspecified atom stereocenters. The lowest BCUT2D eigenvalue weighted by Gasteiger charge is -2.25. The molecule has 1 aliphatic rings. The average Bonchev–Trinajstić information content (AvgIpc) is 2.88. The summed E-state index contributed by atoms with van der Waals surface area (Å²) in [5.41, 5.74) is -0.911. The van der Waals surface area contributed by atoms with Crippen LogP contribution in [-0.4, -0.2) is 48.6 Å². The van der Waals surface area contributed by atoms with Crippen LogP contribution in [0.4, 0.5) is 13.2 Å². The van der Waals surface area contributed by atoms with E-state index >= 15 is 0 Å². The van der Waals surface area contributed by atoms with Crippen molar-refractivity contribution in [1.29, 1.82) is 0 Å². The quantitative estimate of drug-likeness (QED) is 0.892. The number of nitrogens with one attached hydrogen (secondary N) is 1. The van der Waals surface area contributed by atoms with Crippen LogP contribution in [0.5, 0.6) is 0 Å². The van der Waals surface area contributed by atoms with Gasteiger partial charge in [-0.05, 0) is 0 Å². The summed E-state index contributed by atoms with van der Waals surface area (Å²) in [4.78, 5) is 16.9. The second-order valence-electron chi connectivity index (χ2n) is 4.80. The van der Waals surface area contributed by atoms with Crippen molar-refractivity contribution in [3.8, 4) is 0 Å². The van der Waals surface area contributed by atoms with Gasteiger partial charge < -0.3 is 15.0 Å². The number of carbonyl (C=O) groups excluding carboxylic acids is 1. The molecule has 0 saturated carbocycles. The van der Waals surface area contributed by atoms with E-state index < -0.39 is 11.9 Å². The maximum absolute atomic E-state index is 12.4. The van der Waals surface area contributed by atoms with Gasteiger partial charge in [0, 0.05) is 31.4 Å². The van der Waals surface area contributed by atoms with Crippen molar-refractivity contribution in [1.82, 2.24) is 15.2 Å². The first kappa shape index (κ1) is 19.1. The van der Waals surface area contributed by atoms with E-state index in [0.717, 1.165) is 16.7 Å². The molecule has 0 radical (unpaired) electrons. The summed E-state index contributed by atoms with van der Waals surface area (Å²) in [6.45, 7) is 1.87. The third kappa shape index (κ3) is 5.38. The minimum Gasteiger partial charge on any atom is -0.378 e. The number of thiazole rings is 1. The van der Waals surface area contributed by atoms with Crippen LogP contribution in [0.25, 0.3) is 0 Å². The SMILES string of the molecule is CN(Cc1nc(C(F)(F)F)cs1)C(=O)CC1COCCN1.Cl. The molecule has 1 aromatic rings. The first-order valence-corrected chi connectivity index (χ1v) is 7.31. The Morgan fingerprint density at radius 2 is 2.32 bits per heavy atom. The smallest absolute Gasteiger partial charge is 0.378 e. The number of carbonyl (C=O) groups is 1. The van der Waals surface area contributed by atoms with E-state index in [1.54, 1.807) is 7.05 Å². The molecule has 1 amide bonds. The van der Waals surface area contributed by atoms with Gasteiger partial charge in [-0.1, -0.05) is 0 Å². The average molecular weight is 360 g/mol. The van der Waals surface area contributed by atoms with Crippen molar-refractivity contribution >= 4 is 29.7 Å². The summed E-state index contributed by atoms with van der Waals surface area (Å²) in [6.07, 6.45) is -4.19. The third-order valence-electron chi connectivity index (χ3n) is 3.06. The summed E-state index contributed by atoms with van der Waals surface area (Å²) in [6, 6.07) is -0.0456. The minimum atomic E-state index is -4.44. The predicted molar refractivity (Wildman–Crippen MR) is 78.1 cm³/mol. The fourth-order valence-corrected chi connectivity index (χ4v) is 2.78. The molecule has 5 nitrogen and oxygen atoms in total. The number of amides is 1. The van der Waals surface area contributed by atoms with E-state index in [4.69, 9.17) is 4.74 Å². The van der Waals surface area contributed by atoms with Crippen molar-refractivity contribution in [2.45, 2.75) is 25.2 Å². The summed E-state index contributed by atoms with van der Waals surface area (Å²) in [7, 11) is 1.56. The van der Waals surface area contributed by atoms with Crippen LogP contribution < -0.4 is 5.32 Å². The van der Waals surface area contributed by atoms with E-state index in [1.807, 2.05) is 0 Å². The molecule has 0 aliphatic carbocycles. The Kier molecular flexibility index (Phi) is 7.04. The van der Waals surface area contributed by atoms with E-state index in [1.165, 1.54) is 4.90 Å². The zero-order chi connectivity index (χ0) is 15.5. The van der Waals surface area contributed by atoms with Crippen LogP contribution in [0.3, 0.4) is 0 Å². The van der Waals surface area contributed by atoms with Crippen LogP contribution >= 0.6 is 23.7 Å². The highest BCUT2D eigenvalue weighted by Gasteiger charge is 2.33. The van der Waals surface area contributed by atoms with Gasteiger partial charge in [-0.2, -0.15) is 13.2 Å². The summed E-state index contributed by atoms with van der Waals surface area (Å²) >= 11 is 0.903. The topological polar surface area (TPSA) is 54.5 Å². The van der Waals surface area contributed by atoms with Crippen LogP contribution in [0.1, 0.15) is 17.1 Å². The standard InChI is InChI=1S/C12H16F3N3O2S.ClH/c1-18(11(19)4-8-6-20-3-2-16-8)5-10-17-9(7-21-10)12(13,14)15;/h7-8,16H,2-6H2,1H3;1H. The third-order valence-corrected chi connectivity index (χ3v) is 3.89. The number of nitrogens with zero attached hydrogens (tertiary/aromatic N) is 2. The molecule has 1 atom stereocenters. The molecular weight excluding hydrogens is 343 g/mol. The van der Waals surface area contributed by atoms with E-state index in [2.05, 4.69) is 10.3 Å². The second kappa shape index (κ2) is 8.09. The summed E-state index contributed by atoms with van der Waals surface area (Å²) < 4.78 is 42.6. The minimum absolute atomic E-state index is 0. The molecule has 2 rings (SSSR count). The molecule has 1 N–H and O–H groups in total. The molecule has 10 heteroatoms. The van der Waals surface area contributed by atoms with E-state index in [0.29, 0.717) is 19.8 Å². The highest BCUT2D eigenvalue weighted by molar-refractivity contribution is 7.09. The Morgan fingerprint density at radius 3 is 2.86 bits per heavy atom. The Morgan fingerprint density at radius 1 is 1.59 bits per heavy atom. The largest absolute Gasteiger partial charge is 0.434 e. The maximum atomic E-state index is 12.4. The fourth-order valence-electron chi connectivity index (χ4n) is 1.92. The van der Waals surface area contributed by atoms with Crippen molar-refractivity contribution in [2.24, 2.45) is 0 Å². The van der Waals surface area contributed by atoms with Gasteiger partial charge >= 0.3 is 6.18 Å². The lowest BCUT2D eigenvalue weighted by molar-refractivity contribution is -0.140. The number of hydrogen-bond donors (Lipinski definition) is 1. The number of halogens is 4. The lowest BCUT2D eigenvalue weighted by atomic mass is 10.2. The monoisotopic (exact) mass is 359 g/mol. The molecule has 1 aliphatic heterocycles. The maximum Gasteiger partial charge on any atom is 0.434 e. The number of hydrogen-bond acceptors (Lipinski definition) is 5. The van der Waals surface area contributed by atoms with Crippen LogP contribution in [0, 0.1) is 0 Å². The van der Waals surface area contributed by atoms with E-state index in [-0.39, 0.29) is 42.3 Å². The van der Waals surface area contributed by atoms with Crippen LogP contribution in [-0.2, 0) is 22.3 Å². The normalized spacial score (nSPS) is 18.6. The van der Waals surface area contributed by atoms with Gasteiger partial charge in [0.2, 0.25) is 5.91 Å². The first-order valence-electron chi connectivity index (χ1n) is 6.43. The second-order valence-corrected chi connectivity index (χ2v) is 5.75. The highest BCUT2D eigenvalue weighted by Crippen LogP contribution is 2.30. The van der Waals surface area contributed by atoms with Crippen molar-refractivity contribution < 1.29 is 22.7 Å². The van der Waals surface area contributed by atoms with Crippen molar-refractivity contribution in [3.63, 3.8) is 0 Å². The molecule has 22 heavy (non-hydrogen) atoms. The van der Waals surface area contributed by atoms with Crippen molar-refractivity contribution in [3.05, 3.63) is 16.1 Å². The zero-order valence-electron chi connectivity index (χ0n) is 11.9. The number of aromatic nitrogens is 1. The first-order chi connectivity index (χ1) is 9.86. The molecule has 1 saturated heterocycles. The molecule has 1 fully saturated rings. The number of rotatable bonds is 4. The van der Waals surface area contributed by atoms with E-state index in [9.17, 15) is 18.0 Å². The number of alkyl halides is 3. The highest BCUT2D eigenvalue weighted by atomic mass is 35.5. The molecule has 1 aromatic heterocycles. The molecule has 2 heterocycles. The lowest BCUT2D eigenvalue weighted by Crippen LogP contribution is -2.44. The van der Waals surface area contributed by atoms with Gasteiger partial charge in [0.1, 0.15) is 5.01 Å². The zero-order valence-corrected chi connectivity index (χ0v) is 13.5. The molecule has 126 valence electrons. The summed E-state index contributed by atoms with van der Waals surface area (Å²) in [5.74, 6) is -0.151. The molecule has 0 bridgehead atoms. The molecule has 0 aromatic carbocycles. The van der Waals surface area contributed by atoms with Gasteiger partial charge in [0.25, 0.3) is 0 Å². The van der Waals surface area contributed by atoms with Gasteiger partial charge in [-0.15, -0.1) is 23.7 Å². The summed E-state index contributed by atoms with van der Waals surface area (Å²) in [5, 5.41) is 4.39. The van der Waals surface area contributed by atoms with Crippen molar-refractivity contribution in [2.75, 3.05) is 26.8 Å². The van der Waals surface area contributed by atoms with Gasteiger partial charge in [0.05, 0.1) is 19.8 Å². The molecular formula is C12H17ClF3N3O2S. The van der Waals surface area contributed by atoms with Crippen LogP contribution in [0.15, 0.2) is 5.38 Å². The number of morpholine rings is 1. The number of ether oxygens (including phenoxy) is 1. The Balaban J connectivity index is 0.00000242. The van der Waals surface area contributed by atoms with Gasteiger partial charge in [-0.25, -0.2) is 4.98 Å². The Labute approximate surface area is 136 Å². The molecule has 0 spiro atoms. The fraction of sp³-hybridized carbons (Fsp3) is 0.667. The predicted octanol–water partition coefficient (Wildman–Crippen LogP) is 1.92. The Hall–Kier alpha value is -0.900.